The van der Waals surface area contributed by atoms with Crippen molar-refractivity contribution in [2.75, 3.05) is 37.9 Å². The standard InChI is InChI=1S/C12H20N4O2/c1-3-14-11-9(13)12(18-7-6-17-2)16-10(15-11)8-4-5-8/h8H,3-7,13H2,1-2H3,(H,14,15,16). The van der Waals surface area contributed by atoms with Crippen LogP contribution in [0.5, 0.6) is 5.88 Å². The van der Waals surface area contributed by atoms with Gasteiger partial charge in [0, 0.05) is 19.6 Å². The molecule has 1 saturated carbocycles. The number of ether oxygens (including phenoxy) is 2. The van der Waals surface area contributed by atoms with E-state index in [1.165, 1.54) is 0 Å². The van der Waals surface area contributed by atoms with Crippen LogP contribution in [0.15, 0.2) is 0 Å². The lowest BCUT2D eigenvalue weighted by molar-refractivity contribution is 0.144. The molecule has 0 amide bonds. The third-order valence-corrected chi connectivity index (χ3v) is 2.74. The summed E-state index contributed by atoms with van der Waals surface area (Å²) in [5.41, 5.74) is 6.46. The van der Waals surface area contributed by atoms with E-state index >= 15 is 0 Å². The van der Waals surface area contributed by atoms with Crippen LogP contribution in [-0.2, 0) is 4.74 Å². The molecule has 0 aliphatic heterocycles. The first kappa shape index (κ1) is 12.9. The van der Waals surface area contributed by atoms with E-state index in [-0.39, 0.29) is 0 Å². The Morgan fingerprint density at radius 2 is 2.11 bits per heavy atom. The van der Waals surface area contributed by atoms with Crippen molar-refractivity contribution in [1.29, 1.82) is 0 Å². The molecule has 0 atom stereocenters. The summed E-state index contributed by atoms with van der Waals surface area (Å²) in [6.45, 7) is 3.72. The van der Waals surface area contributed by atoms with Gasteiger partial charge in [0.15, 0.2) is 5.82 Å². The van der Waals surface area contributed by atoms with Gasteiger partial charge >= 0.3 is 0 Å². The fourth-order valence-electron chi connectivity index (χ4n) is 1.62. The molecule has 0 aromatic carbocycles. The SMILES string of the molecule is CCNc1nc(C2CC2)nc(OCCOC)c1N. The van der Waals surface area contributed by atoms with Crippen molar-refractivity contribution in [3.05, 3.63) is 5.82 Å². The predicted molar refractivity (Wildman–Crippen MR) is 70.0 cm³/mol. The minimum Gasteiger partial charge on any atom is -0.474 e. The second-order valence-corrected chi connectivity index (χ2v) is 4.30. The number of hydrogen-bond donors (Lipinski definition) is 2. The molecule has 1 aromatic heterocycles. The number of methoxy groups -OCH3 is 1. The minimum atomic E-state index is 0.438. The van der Waals surface area contributed by atoms with Gasteiger partial charge in [0.2, 0.25) is 5.88 Å². The van der Waals surface area contributed by atoms with E-state index in [4.69, 9.17) is 15.2 Å². The summed E-state index contributed by atoms with van der Waals surface area (Å²) in [5.74, 6) is 2.42. The predicted octanol–water partition coefficient (Wildman–Crippen LogP) is 1.39. The van der Waals surface area contributed by atoms with Crippen molar-refractivity contribution in [2.45, 2.75) is 25.7 Å². The van der Waals surface area contributed by atoms with Crippen LogP contribution < -0.4 is 15.8 Å². The first-order valence-corrected chi connectivity index (χ1v) is 6.29. The first-order chi connectivity index (χ1) is 8.76. The second kappa shape index (κ2) is 5.86. The van der Waals surface area contributed by atoms with E-state index in [9.17, 15) is 0 Å². The highest BCUT2D eigenvalue weighted by Gasteiger charge is 2.28. The molecule has 1 aliphatic carbocycles. The Labute approximate surface area is 107 Å². The summed E-state index contributed by atoms with van der Waals surface area (Å²) in [5, 5.41) is 3.14. The Morgan fingerprint density at radius 1 is 1.33 bits per heavy atom. The maximum Gasteiger partial charge on any atom is 0.242 e. The van der Waals surface area contributed by atoms with Gasteiger partial charge in [0.25, 0.3) is 0 Å². The van der Waals surface area contributed by atoms with E-state index in [0.717, 1.165) is 25.2 Å². The van der Waals surface area contributed by atoms with E-state index in [1.54, 1.807) is 7.11 Å². The number of rotatable bonds is 7. The highest BCUT2D eigenvalue weighted by atomic mass is 16.5. The molecular formula is C12H20N4O2. The van der Waals surface area contributed by atoms with E-state index < -0.39 is 0 Å². The third-order valence-electron chi connectivity index (χ3n) is 2.74. The zero-order chi connectivity index (χ0) is 13.0. The van der Waals surface area contributed by atoms with Crippen LogP contribution in [0, 0.1) is 0 Å². The van der Waals surface area contributed by atoms with E-state index in [0.29, 0.717) is 36.5 Å². The van der Waals surface area contributed by atoms with Crippen LogP contribution in [0.4, 0.5) is 11.5 Å². The zero-order valence-electron chi connectivity index (χ0n) is 10.9. The van der Waals surface area contributed by atoms with Crippen LogP contribution in [0.3, 0.4) is 0 Å². The third kappa shape index (κ3) is 3.01. The smallest absolute Gasteiger partial charge is 0.242 e. The molecule has 0 saturated heterocycles. The molecular weight excluding hydrogens is 232 g/mol. The topological polar surface area (TPSA) is 82.3 Å². The van der Waals surface area contributed by atoms with Crippen LogP contribution in [0.1, 0.15) is 31.5 Å². The number of aromatic nitrogens is 2. The van der Waals surface area contributed by atoms with Gasteiger partial charge < -0.3 is 20.5 Å². The molecule has 1 fully saturated rings. The molecule has 0 radical (unpaired) electrons. The molecule has 18 heavy (non-hydrogen) atoms. The lowest BCUT2D eigenvalue weighted by Crippen LogP contribution is -2.12. The largest absolute Gasteiger partial charge is 0.474 e. The Balaban J connectivity index is 2.18. The molecule has 1 aromatic rings. The summed E-state index contributed by atoms with van der Waals surface area (Å²) in [4.78, 5) is 8.85. The number of anilines is 2. The molecule has 0 spiro atoms. The van der Waals surface area contributed by atoms with E-state index in [2.05, 4.69) is 15.3 Å². The number of hydrogen-bond acceptors (Lipinski definition) is 6. The molecule has 2 rings (SSSR count). The van der Waals surface area contributed by atoms with Gasteiger partial charge in [-0.2, -0.15) is 4.98 Å². The average molecular weight is 252 g/mol. The van der Waals surface area contributed by atoms with Crippen molar-refractivity contribution >= 4 is 11.5 Å². The maximum absolute atomic E-state index is 5.99. The normalized spacial score (nSPS) is 14.6. The molecule has 0 bridgehead atoms. The van der Waals surface area contributed by atoms with Gasteiger partial charge in [-0.3, -0.25) is 0 Å². The maximum atomic E-state index is 5.99. The van der Waals surface area contributed by atoms with Crippen molar-refractivity contribution < 1.29 is 9.47 Å². The Morgan fingerprint density at radius 3 is 2.72 bits per heavy atom. The summed E-state index contributed by atoms with van der Waals surface area (Å²) in [6, 6.07) is 0. The Hall–Kier alpha value is -1.56. The van der Waals surface area contributed by atoms with Crippen molar-refractivity contribution in [2.24, 2.45) is 0 Å². The number of nitrogen functional groups attached to an aromatic ring is 1. The van der Waals surface area contributed by atoms with Crippen LogP contribution in [0.25, 0.3) is 0 Å². The highest BCUT2D eigenvalue weighted by Crippen LogP contribution is 2.40. The van der Waals surface area contributed by atoms with E-state index in [1.807, 2.05) is 6.92 Å². The minimum absolute atomic E-state index is 0.438. The van der Waals surface area contributed by atoms with Gasteiger partial charge in [-0.05, 0) is 19.8 Å². The van der Waals surface area contributed by atoms with Gasteiger partial charge in [0.1, 0.15) is 18.1 Å². The second-order valence-electron chi connectivity index (χ2n) is 4.30. The van der Waals surface area contributed by atoms with Crippen molar-refractivity contribution in [3.63, 3.8) is 0 Å². The molecule has 100 valence electrons. The molecule has 0 unspecified atom stereocenters. The van der Waals surface area contributed by atoms with Crippen LogP contribution in [0.2, 0.25) is 0 Å². The van der Waals surface area contributed by atoms with Crippen LogP contribution in [-0.4, -0.2) is 36.8 Å². The number of nitrogens with two attached hydrogens (primary N) is 1. The molecule has 1 heterocycles. The molecule has 3 N–H and O–H groups in total. The monoisotopic (exact) mass is 252 g/mol. The van der Waals surface area contributed by atoms with Crippen molar-refractivity contribution in [1.82, 2.24) is 9.97 Å². The average Bonchev–Trinajstić information content (AvgIpc) is 3.18. The zero-order valence-corrected chi connectivity index (χ0v) is 10.9. The quantitative estimate of drug-likeness (QED) is 0.714. The lowest BCUT2D eigenvalue weighted by atomic mass is 10.3. The molecule has 1 aliphatic rings. The van der Waals surface area contributed by atoms with Gasteiger partial charge in [-0.25, -0.2) is 4.98 Å². The lowest BCUT2D eigenvalue weighted by Gasteiger charge is -2.13. The van der Waals surface area contributed by atoms with Gasteiger partial charge in [-0.15, -0.1) is 0 Å². The molecule has 6 nitrogen and oxygen atoms in total. The Bertz CT molecular complexity index is 407. The summed E-state index contributed by atoms with van der Waals surface area (Å²) < 4.78 is 10.5. The Kier molecular flexibility index (Phi) is 4.19. The van der Waals surface area contributed by atoms with Crippen LogP contribution >= 0.6 is 0 Å². The highest BCUT2D eigenvalue weighted by molar-refractivity contribution is 5.67. The van der Waals surface area contributed by atoms with Gasteiger partial charge in [0.05, 0.1) is 6.61 Å². The van der Waals surface area contributed by atoms with Crippen molar-refractivity contribution in [3.8, 4) is 5.88 Å². The summed E-state index contributed by atoms with van der Waals surface area (Å²) >= 11 is 0. The summed E-state index contributed by atoms with van der Waals surface area (Å²) in [7, 11) is 1.63. The van der Waals surface area contributed by atoms with Gasteiger partial charge in [-0.1, -0.05) is 0 Å². The fourth-order valence-corrected chi connectivity index (χ4v) is 1.62. The number of nitrogens with zero attached hydrogens (tertiary/aromatic N) is 2. The fraction of sp³-hybridized carbons (Fsp3) is 0.667. The molecule has 6 heteroatoms. The first-order valence-electron chi connectivity index (χ1n) is 6.29. The summed E-state index contributed by atoms with van der Waals surface area (Å²) in [6.07, 6.45) is 2.29. The number of nitrogens with one attached hydrogen (secondary N) is 1.